The largest absolute Gasteiger partial charge is 0.508 e. The molecule has 0 bridgehead atoms. The van der Waals surface area contributed by atoms with Gasteiger partial charge in [0, 0.05) is 25.1 Å². The van der Waals surface area contributed by atoms with Gasteiger partial charge >= 0.3 is 6.03 Å². The molecule has 0 fully saturated rings. The highest BCUT2D eigenvalue weighted by atomic mass is 16.3. The van der Waals surface area contributed by atoms with Gasteiger partial charge in [-0.3, -0.25) is 4.79 Å². The minimum Gasteiger partial charge on any atom is -0.508 e. The van der Waals surface area contributed by atoms with Crippen LogP contribution in [-0.2, 0) is 0 Å². The minimum absolute atomic E-state index is 0.0869. The highest BCUT2D eigenvalue weighted by molar-refractivity contribution is 5.96. The van der Waals surface area contributed by atoms with Gasteiger partial charge in [-0.25, -0.2) is 4.79 Å². The van der Waals surface area contributed by atoms with Crippen LogP contribution in [0.25, 0.3) is 0 Å². The van der Waals surface area contributed by atoms with Crippen molar-refractivity contribution in [1.82, 2.24) is 10.6 Å². The molecule has 0 aliphatic heterocycles. The van der Waals surface area contributed by atoms with Crippen molar-refractivity contribution in [3.8, 4) is 5.75 Å². The summed E-state index contributed by atoms with van der Waals surface area (Å²) in [5.74, 6) is 0.269. The van der Waals surface area contributed by atoms with Gasteiger partial charge in [0.25, 0.3) is 0 Å². The van der Waals surface area contributed by atoms with Crippen LogP contribution < -0.4 is 10.6 Å². The maximum atomic E-state index is 12.1. The van der Waals surface area contributed by atoms with Crippen molar-refractivity contribution in [2.75, 3.05) is 13.1 Å². The Morgan fingerprint density at radius 2 is 0.972 bits per heavy atom. The van der Waals surface area contributed by atoms with Crippen molar-refractivity contribution in [3.05, 3.63) is 29.8 Å². The minimum atomic E-state index is -0.0869. The molecule has 0 spiro atoms. The van der Waals surface area contributed by atoms with Crippen LogP contribution in [-0.4, -0.2) is 30.0 Å². The number of carbonyl (C=O) groups is 2. The SMILES string of the molecule is CCCCCCCCCCCCCCCCCCNC(=O)NCCCCCC(=O)c1ccc(O)cc1. The molecule has 0 aromatic heterocycles. The van der Waals surface area contributed by atoms with Crippen molar-refractivity contribution < 1.29 is 14.7 Å². The molecule has 0 aliphatic carbocycles. The zero-order valence-electron chi connectivity index (χ0n) is 23.1. The molecule has 1 aromatic carbocycles. The topological polar surface area (TPSA) is 78.4 Å². The van der Waals surface area contributed by atoms with E-state index in [-0.39, 0.29) is 17.6 Å². The van der Waals surface area contributed by atoms with Gasteiger partial charge in [0.05, 0.1) is 0 Å². The molecule has 36 heavy (non-hydrogen) atoms. The van der Waals surface area contributed by atoms with Gasteiger partial charge in [-0.05, 0) is 43.5 Å². The number of benzene rings is 1. The molecule has 5 heteroatoms. The van der Waals surface area contributed by atoms with Crippen LogP contribution in [0.5, 0.6) is 5.75 Å². The van der Waals surface area contributed by atoms with Gasteiger partial charge in [0.2, 0.25) is 0 Å². The Labute approximate surface area is 221 Å². The first kappa shape index (κ1) is 32.0. The highest BCUT2D eigenvalue weighted by Gasteiger charge is 2.05. The number of carbonyl (C=O) groups excluding carboxylic acids is 2. The molecule has 5 nitrogen and oxygen atoms in total. The van der Waals surface area contributed by atoms with Gasteiger partial charge in [0.15, 0.2) is 5.78 Å². The summed E-state index contributed by atoms with van der Waals surface area (Å²) in [6.45, 7) is 3.66. The zero-order valence-corrected chi connectivity index (χ0v) is 23.1. The number of rotatable bonds is 24. The first-order chi connectivity index (χ1) is 17.6. The number of urea groups is 1. The van der Waals surface area contributed by atoms with E-state index in [1.807, 2.05) is 0 Å². The predicted molar refractivity (Wildman–Crippen MR) is 152 cm³/mol. The van der Waals surface area contributed by atoms with E-state index in [9.17, 15) is 14.7 Å². The summed E-state index contributed by atoms with van der Waals surface area (Å²) in [7, 11) is 0. The Balaban J connectivity index is 1.78. The molecular weight excluding hydrogens is 448 g/mol. The molecule has 0 aliphatic rings. The second-order valence-electron chi connectivity index (χ2n) is 10.3. The second-order valence-corrected chi connectivity index (χ2v) is 10.3. The van der Waals surface area contributed by atoms with Crippen LogP contribution >= 0.6 is 0 Å². The van der Waals surface area contributed by atoms with E-state index in [0.29, 0.717) is 18.5 Å². The lowest BCUT2D eigenvalue weighted by atomic mass is 10.0. The predicted octanol–water partition coefficient (Wildman–Crippen LogP) is 8.70. The molecular formula is C31H54N2O3. The van der Waals surface area contributed by atoms with Crippen LogP contribution in [0.4, 0.5) is 4.79 Å². The Hall–Kier alpha value is -2.04. The standard InChI is InChI=1S/C31H54N2O3/c1-2-3-4-5-6-7-8-9-10-11-12-13-14-15-16-19-26-32-31(36)33-27-20-17-18-21-30(35)28-22-24-29(34)25-23-28/h22-25,34H,2-21,26-27H2,1H3,(H2,32,33,36). The molecule has 0 unspecified atom stereocenters. The maximum Gasteiger partial charge on any atom is 0.314 e. The fourth-order valence-corrected chi connectivity index (χ4v) is 4.52. The average Bonchev–Trinajstić information content (AvgIpc) is 2.88. The summed E-state index contributed by atoms with van der Waals surface area (Å²) < 4.78 is 0. The first-order valence-corrected chi connectivity index (χ1v) is 15.0. The van der Waals surface area contributed by atoms with Gasteiger partial charge in [-0.2, -0.15) is 0 Å². The van der Waals surface area contributed by atoms with E-state index in [0.717, 1.165) is 32.2 Å². The monoisotopic (exact) mass is 502 g/mol. The lowest BCUT2D eigenvalue weighted by molar-refractivity contribution is 0.0979. The number of nitrogens with one attached hydrogen (secondary N) is 2. The third kappa shape index (κ3) is 19.2. The van der Waals surface area contributed by atoms with E-state index >= 15 is 0 Å². The van der Waals surface area contributed by atoms with Crippen molar-refractivity contribution in [2.24, 2.45) is 0 Å². The summed E-state index contributed by atoms with van der Waals surface area (Å²) in [5.41, 5.74) is 0.638. The fourth-order valence-electron chi connectivity index (χ4n) is 4.52. The van der Waals surface area contributed by atoms with Crippen molar-refractivity contribution >= 4 is 11.8 Å². The summed E-state index contributed by atoms with van der Waals surface area (Å²) in [4.78, 5) is 23.9. The number of phenols is 1. The van der Waals surface area contributed by atoms with Gasteiger partial charge < -0.3 is 15.7 Å². The molecule has 0 radical (unpaired) electrons. The Morgan fingerprint density at radius 3 is 1.42 bits per heavy atom. The lowest BCUT2D eigenvalue weighted by Crippen LogP contribution is -2.36. The van der Waals surface area contributed by atoms with Crippen LogP contribution in [0.15, 0.2) is 24.3 Å². The van der Waals surface area contributed by atoms with E-state index in [4.69, 9.17) is 0 Å². The molecule has 0 atom stereocenters. The lowest BCUT2D eigenvalue weighted by Gasteiger charge is -2.08. The van der Waals surface area contributed by atoms with E-state index in [2.05, 4.69) is 17.6 Å². The van der Waals surface area contributed by atoms with Crippen molar-refractivity contribution in [3.63, 3.8) is 0 Å². The molecule has 1 aromatic rings. The normalized spacial score (nSPS) is 10.9. The van der Waals surface area contributed by atoms with Crippen molar-refractivity contribution in [2.45, 2.75) is 135 Å². The van der Waals surface area contributed by atoms with E-state index in [1.54, 1.807) is 12.1 Å². The summed E-state index contributed by atoms with van der Waals surface area (Å²) in [6.07, 6.45) is 24.8. The van der Waals surface area contributed by atoms with Gasteiger partial charge in [-0.1, -0.05) is 110 Å². The summed E-state index contributed by atoms with van der Waals surface area (Å²) >= 11 is 0. The van der Waals surface area contributed by atoms with E-state index in [1.165, 1.54) is 108 Å². The Morgan fingerprint density at radius 1 is 0.583 bits per heavy atom. The maximum absolute atomic E-state index is 12.1. The Bertz CT molecular complexity index is 660. The number of phenolic OH excluding ortho intramolecular Hbond substituents is 1. The third-order valence-electron chi connectivity index (χ3n) is 6.87. The number of amides is 2. The van der Waals surface area contributed by atoms with Gasteiger partial charge in [-0.15, -0.1) is 0 Å². The number of unbranched alkanes of at least 4 members (excludes halogenated alkanes) is 17. The summed E-state index contributed by atoms with van der Waals surface area (Å²) in [5, 5.41) is 15.1. The Kier molecular flexibility index (Phi) is 20.8. The number of aromatic hydroxyl groups is 1. The molecule has 3 N–H and O–H groups in total. The third-order valence-corrected chi connectivity index (χ3v) is 6.87. The van der Waals surface area contributed by atoms with E-state index < -0.39 is 0 Å². The number of hydrogen-bond donors (Lipinski definition) is 3. The highest BCUT2D eigenvalue weighted by Crippen LogP contribution is 2.14. The molecule has 0 heterocycles. The number of hydrogen-bond acceptors (Lipinski definition) is 3. The zero-order chi connectivity index (χ0) is 26.1. The van der Waals surface area contributed by atoms with Crippen LogP contribution in [0, 0.1) is 0 Å². The van der Waals surface area contributed by atoms with Crippen molar-refractivity contribution in [1.29, 1.82) is 0 Å². The molecule has 1 rings (SSSR count). The summed E-state index contributed by atoms with van der Waals surface area (Å²) in [6, 6.07) is 6.30. The molecule has 0 saturated heterocycles. The van der Waals surface area contributed by atoms with Crippen LogP contribution in [0.3, 0.4) is 0 Å². The molecule has 0 saturated carbocycles. The average molecular weight is 503 g/mol. The quantitative estimate of drug-likeness (QED) is 0.0977. The number of ketones is 1. The molecule has 206 valence electrons. The second kappa shape index (κ2) is 23.4. The fraction of sp³-hybridized carbons (Fsp3) is 0.742. The van der Waals surface area contributed by atoms with Crippen LogP contribution in [0.2, 0.25) is 0 Å². The van der Waals surface area contributed by atoms with Gasteiger partial charge in [0.1, 0.15) is 5.75 Å². The number of Topliss-reactive ketones (excluding diaryl/α,β-unsaturated/α-hetero) is 1. The van der Waals surface area contributed by atoms with Crippen LogP contribution in [0.1, 0.15) is 146 Å². The molecule has 2 amide bonds. The first-order valence-electron chi connectivity index (χ1n) is 15.0. The smallest absolute Gasteiger partial charge is 0.314 e.